The van der Waals surface area contributed by atoms with Crippen molar-refractivity contribution in [2.75, 3.05) is 25.6 Å². The van der Waals surface area contributed by atoms with Crippen molar-refractivity contribution in [1.82, 2.24) is 4.90 Å². The summed E-state index contributed by atoms with van der Waals surface area (Å²) in [4.78, 5) is 25.7. The van der Waals surface area contributed by atoms with Crippen LogP contribution in [-0.4, -0.2) is 37.0 Å². The number of ether oxygens (including phenoxy) is 2. The maximum atomic E-state index is 13.0. The summed E-state index contributed by atoms with van der Waals surface area (Å²) in [5.41, 5.74) is 7.45. The van der Waals surface area contributed by atoms with Crippen LogP contribution in [0.3, 0.4) is 0 Å². The standard InChI is InChI=1S/C20H23N3O4/c1-3-10-23-19(22-15-7-5-4-6-14(15)20(23)25)13-8-9-16(17(11-13)26-2)27-12-18(21)24/h4-9,11,19,22H,3,10,12H2,1-2H3,(H2,21,24)/t19-/m1/s1. The highest BCUT2D eigenvalue weighted by atomic mass is 16.5. The predicted octanol–water partition coefficient (Wildman–Crippen LogP) is 2.54. The fourth-order valence-electron chi connectivity index (χ4n) is 3.15. The van der Waals surface area contributed by atoms with E-state index >= 15 is 0 Å². The number of carbonyl (C=O) groups is 2. The molecular formula is C20H23N3O4. The number of methoxy groups -OCH3 is 1. The fourth-order valence-corrected chi connectivity index (χ4v) is 3.15. The molecule has 0 spiro atoms. The van der Waals surface area contributed by atoms with Gasteiger partial charge in [0.05, 0.1) is 12.7 Å². The van der Waals surface area contributed by atoms with Gasteiger partial charge in [-0.1, -0.05) is 25.1 Å². The molecule has 3 N–H and O–H groups in total. The second-order valence-corrected chi connectivity index (χ2v) is 6.26. The average Bonchev–Trinajstić information content (AvgIpc) is 2.68. The number of hydrogen-bond donors (Lipinski definition) is 2. The quantitative estimate of drug-likeness (QED) is 0.782. The summed E-state index contributed by atoms with van der Waals surface area (Å²) in [6.45, 7) is 2.42. The van der Waals surface area contributed by atoms with Gasteiger partial charge in [-0.25, -0.2) is 0 Å². The lowest BCUT2D eigenvalue weighted by molar-refractivity contribution is -0.119. The van der Waals surface area contributed by atoms with Crippen molar-refractivity contribution >= 4 is 17.5 Å². The Kier molecular flexibility index (Phi) is 5.49. The number of primary amides is 1. The van der Waals surface area contributed by atoms with Gasteiger partial charge in [-0.05, 0) is 36.2 Å². The van der Waals surface area contributed by atoms with Gasteiger partial charge in [0.15, 0.2) is 18.1 Å². The molecule has 0 fully saturated rings. The number of nitrogens with two attached hydrogens (primary N) is 1. The van der Waals surface area contributed by atoms with Gasteiger partial charge in [0.2, 0.25) is 0 Å². The highest BCUT2D eigenvalue weighted by molar-refractivity contribution is 6.01. The first-order valence-electron chi connectivity index (χ1n) is 8.80. The zero-order valence-electron chi connectivity index (χ0n) is 15.4. The van der Waals surface area contributed by atoms with Gasteiger partial charge >= 0.3 is 0 Å². The SMILES string of the molecule is CCCN1C(=O)c2ccccc2N[C@H]1c1ccc(OCC(N)=O)c(OC)c1. The third kappa shape index (κ3) is 3.81. The van der Waals surface area contributed by atoms with Gasteiger partial charge in [0.1, 0.15) is 6.17 Å². The minimum absolute atomic E-state index is 0.00998. The lowest BCUT2D eigenvalue weighted by atomic mass is 10.0. The third-order valence-electron chi connectivity index (χ3n) is 4.36. The third-order valence-corrected chi connectivity index (χ3v) is 4.36. The van der Waals surface area contributed by atoms with Crippen molar-refractivity contribution < 1.29 is 19.1 Å². The lowest BCUT2D eigenvalue weighted by Gasteiger charge is -2.38. The Morgan fingerprint density at radius 1 is 1.22 bits per heavy atom. The summed E-state index contributed by atoms with van der Waals surface area (Å²) in [6.07, 6.45) is 0.509. The lowest BCUT2D eigenvalue weighted by Crippen LogP contribution is -2.43. The molecule has 2 amide bonds. The molecule has 7 nitrogen and oxygen atoms in total. The van der Waals surface area contributed by atoms with Crippen LogP contribution in [0.15, 0.2) is 42.5 Å². The number of anilines is 1. The number of nitrogens with zero attached hydrogens (tertiary/aromatic N) is 1. The van der Waals surface area contributed by atoms with Crippen LogP contribution in [0.5, 0.6) is 11.5 Å². The molecule has 0 aliphatic carbocycles. The molecule has 1 aliphatic rings. The van der Waals surface area contributed by atoms with Gasteiger partial charge in [0.25, 0.3) is 11.8 Å². The van der Waals surface area contributed by atoms with E-state index in [1.54, 1.807) is 17.0 Å². The molecular weight excluding hydrogens is 346 g/mol. The van der Waals surface area contributed by atoms with Crippen LogP contribution in [0.4, 0.5) is 5.69 Å². The number of hydrogen-bond acceptors (Lipinski definition) is 5. The maximum Gasteiger partial charge on any atom is 0.257 e. The summed E-state index contributed by atoms with van der Waals surface area (Å²) in [7, 11) is 1.52. The van der Waals surface area contributed by atoms with Gasteiger partial charge in [-0.2, -0.15) is 0 Å². The summed E-state index contributed by atoms with van der Waals surface area (Å²) in [5.74, 6) is 0.318. The van der Waals surface area contributed by atoms with E-state index in [0.29, 0.717) is 23.6 Å². The Morgan fingerprint density at radius 2 is 2.00 bits per heavy atom. The van der Waals surface area contributed by atoms with E-state index in [4.69, 9.17) is 15.2 Å². The van der Waals surface area contributed by atoms with Crippen molar-refractivity contribution in [3.8, 4) is 11.5 Å². The normalized spacial score (nSPS) is 15.7. The van der Waals surface area contributed by atoms with Crippen molar-refractivity contribution in [2.24, 2.45) is 5.73 Å². The van der Waals surface area contributed by atoms with E-state index in [1.165, 1.54) is 7.11 Å². The molecule has 1 aliphatic heterocycles. The largest absolute Gasteiger partial charge is 0.493 e. The molecule has 27 heavy (non-hydrogen) atoms. The first-order chi connectivity index (χ1) is 13.0. The second-order valence-electron chi connectivity index (χ2n) is 6.26. The van der Waals surface area contributed by atoms with E-state index in [-0.39, 0.29) is 18.7 Å². The van der Waals surface area contributed by atoms with E-state index in [9.17, 15) is 9.59 Å². The summed E-state index contributed by atoms with van der Waals surface area (Å²) < 4.78 is 10.8. The van der Waals surface area contributed by atoms with Gasteiger partial charge in [-0.15, -0.1) is 0 Å². The molecule has 2 aromatic carbocycles. The van der Waals surface area contributed by atoms with Crippen LogP contribution in [0.1, 0.15) is 35.4 Å². The monoisotopic (exact) mass is 369 g/mol. The van der Waals surface area contributed by atoms with Crippen molar-refractivity contribution in [1.29, 1.82) is 0 Å². The van der Waals surface area contributed by atoms with Crippen molar-refractivity contribution in [3.63, 3.8) is 0 Å². The number of rotatable bonds is 7. The fraction of sp³-hybridized carbons (Fsp3) is 0.300. The Bertz CT molecular complexity index is 853. The summed E-state index contributed by atoms with van der Waals surface area (Å²) >= 11 is 0. The molecule has 142 valence electrons. The first kappa shape index (κ1) is 18.6. The van der Waals surface area contributed by atoms with Gasteiger partial charge < -0.3 is 25.4 Å². The smallest absolute Gasteiger partial charge is 0.257 e. The minimum Gasteiger partial charge on any atom is -0.493 e. The topological polar surface area (TPSA) is 93.9 Å². The van der Waals surface area contributed by atoms with Crippen LogP contribution in [0.25, 0.3) is 0 Å². The van der Waals surface area contributed by atoms with Crippen LogP contribution >= 0.6 is 0 Å². The Morgan fingerprint density at radius 3 is 2.70 bits per heavy atom. The molecule has 0 saturated heterocycles. The number of amides is 2. The number of fused-ring (bicyclic) bond motifs is 1. The highest BCUT2D eigenvalue weighted by Crippen LogP contribution is 2.36. The van der Waals surface area contributed by atoms with E-state index in [0.717, 1.165) is 17.7 Å². The minimum atomic E-state index is -0.564. The molecule has 0 bridgehead atoms. The molecule has 3 rings (SSSR count). The maximum absolute atomic E-state index is 13.0. The van der Waals surface area contributed by atoms with Crippen LogP contribution in [-0.2, 0) is 4.79 Å². The molecule has 2 aromatic rings. The molecule has 0 aromatic heterocycles. The zero-order chi connectivity index (χ0) is 19.4. The molecule has 7 heteroatoms. The average molecular weight is 369 g/mol. The van der Waals surface area contributed by atoms with Crippen molar-refractivity contribution in [3.05, 3.63) is 53.6 Å². The second kappa shape index (κ2) is 7.99. The van der Waals surface area contributed by atoms with E-state index in [2.05, 4.69) is 5.32 Å². The molecule has 0 radical (unpaired) electrons. The van der Waals surface area contributed by atoms with Crippen LogP contribution < -0.4 is 20.5 Å². The Labute approximate surface area is 158 Å². The van der Waals surface area contributed by atoms with Crippen LogP contribution in [0, 0.1) is 0 Å². The van der Waals surface area contributed by atoms with Gasteiger partial charge in [0, 0.05) is 12.2 Å². The number of para-hydroxylation sites is 1. The van der Waals surface area contributed by atoms with E-state index in [1.807, 2.05) is 37.3 Å². The summed E-state index contributed by atoms with van der Waals surface area (Å²) in [6, 6.07) is 12.8. The highest BCUT2D eigenvalue weighted by Gasteiger charge is 2.32. The Balaban J connectivity index is 1.95. The zero-order valence-corrected chi connectivity index (χ0v) is 15.4. The van der Waals surface area contributed by atoms with Crippen LogP contribution in [0.2, 0.25) is 0 Å². The molecule has 0 unspecified atom stereocenters. The molecule has 1 heterocycles. The first-order valence-corrected chi connectivity index (χ1v) is 8.80. The molecule has 1 atom stereocenters. The molecule has 0 saturated carbocycles. The summed E-state index contributed by atoms with van der Waals surface area (Å²) in [5, 5.41) is 3.43. The van der Waals surface area contributed by atoms with Gasteiger partial charge in [-0.3, -0.25) is 9.59 Å². The number of nitrogens with one attached hydrogen (secondary N) is 1. The van der Waals surface area contributed by atoms with Crippen molar-refractivity contribution in [2.45, 2.75) is 19.5 Å². The predicted molar refractivity (Wildman–Crippen MR) is 102 cm³/mol. The number of benzene rings is 2. The Hall–Kier alpha value is -3.22. The number of carbonyl (C=O) groups excluding carboxylic acids is 2. The van der Waals surface area contributed by atoms with E-state index < -0.39 is 5.91 Å².